The van der Waals surface area contributed by atoms with Gasteiger partial charge in [0.2, 0.25) is 0 Å². The smallest absolute Gasteiger partial charge is 0.306 e. The van der Waals surface area contributed by atoms with Crippen LogP contribution in [0.5, 0.6) is 0 Å². The van der Waals surface area contributed by atoms with E-state index in [1.807, 2.05) is 42.5 Å². The van der Waals surface area contributed by atoms with Crippen LogP contribution in [0.4, 0.5) is 0 Å². The lowest BCUT2D eigenvalue weighted by Gasteiger charge is -2.18. The predicted molar refractivity (Wildman–Crippen MR) is 279 cm³/mol. The fraction of sp³-hybridized carbons (Fsp3) is 0.610. The second-order valence-corrected chi connectivity index (χ2v) is 16.8. The van der Waals surface area contributed by atoms with Crippen molar-refractivity contribution in [2.75, 3.05) is 13.2 Å². The summed E-state index contributed by atoms with van der Waals surface area (Å²) < 4.78 is 16.7. The average Bonchev–Trinajstić information content (AvgIpc) is 3.30. The number of carbonyl (C=O) groups excluding carboxylic acids is 3. The molecular weight excluding hydrogens is 805 g/mol. The Kier molecular flexibility index (Phi) is 49.1. The van der Waals surface area contributed by atoms with Gasteiger partial charge in [-0.3, -0.25) is 14.4 Å². The molecule has 6 nitrogen and oxygen atoms in total. The summed E-state index contributed by atoms with van der Waals surface area (Å²) in [5.41, 5.74) is 0. The second kappa shape index (κ2) is 52.4. The predicted octanol–water partition coefficient (Wildman–Crippen LogP) is 17.3. The summed E-state index contributed by atoms with van der Waals surface area (Å²) in [5.74, 6) is -1.03. The Morgan fingerprint density at radius 1 is 0.338 bits per heavy atom. The molecule has 0 bridgehead atoms. The largest absolute Gasteiger partial charge is 0.462 e. The molecule has 65 heavy (non-hydrogen) atoms. The summed E-state index contributed by atoms with van der Waals surface area (Å²) in [6, 6.07) is 0. The highest BCUT2D eigenvalue weighted by Crippen LogP contribution is 2.13. The van der Waals surface area contributed by atoms with Gasteiger partial charge >= 0.3 is 17.9 Å². The molecule has 0 heterocycles. The maximum absolute atomic E-state index is 12.8. The molecule has 1 unspecified atom stereocenters. The summed E-state index contributed by atoms with van der Waals surface area (Å²) >= 11 is 0. The molecule has 0 amide bonds. The van der Waals surface area contributed by atoms with E-state index in [2.05, 4.69) is 99.8 Å². The van der Waals surface area contributed by atoms with E-state index in [0.717, 1.165) is 109 Å². The van der Waals surface area contributed by atoms with Gasteiger partial charge in [0.1, 0.15) is 13.2 Å². The maximum atomic E-state index is 12.8. The van der Waals surface area contributed by atoms with E-state index in [0.29, 0.717) is 19.3 Å². The summed E-state index contributed by atoms with van der Waals surface area (Å²) in [7, 11) is 0. The molecule has 0 N–H and O–H groups in total. The molecule has 1 atom stereocenters. The molecule has 0 saturated heterocycles. The van der Waals surface area contributed by atoms with Crippen LogP contribution in [0.25, 0.3) is 0 Å². The topological polar surface area (TPSA) is 78.9 Å². The van der Waals surface area contributed by atoms with Crippen LogP contribution in [0.1, 0.15) is 213 Å². The summed E-state index contributed by atoms with van der Waals surface area (Å²) in [5, 5.41) is 0. The van der Waals surface area contributed by atoms with Crippen LogP contribution >= 0.6 is 0 Å². The van der Waals surface area contributed by atoms with E-state index in [1.165, 1.54) is 57.8 Å². The van der Waals surface area contributed by atoms with Gasteiger partial charge < -0.3 is 14.2 Å². The van der Waals surface area contributed by atoms with E-state index in [-0.39, 0.29) is 37.5 Å². The SMILES string of the molecule is CC/C=C/C/C=C/C/C=C/CCCCCCCCC(=O)OC(COC(=O)CC/C=C/C/C=C/CCCCCCCC)COC(=O)CCCCCCC/C=C/C=C/C=C/C=C/C=C/CCC. The van der Waals surface area contributed by atoms with Crippen molar-refractivity contribution in [3.8, 4) is 0 Å². The van der Waals surface area contributed by atoms with Crippen LogP contribution in [-0.4, -0.2) is 37.2 Å². The first-order valence-electron chi connectivity index (χ1n) is 26.1. The Bertz CT molecular complexity index is 1400. The zero-order valence-electron chi connectivity index (χ0n) is 41.7. The van der Waals surface area contributed by atoms with Gasteiger partial charge in [-0.25, -0.2) is 0 Å². The van der Waals surface area contributed by atoms with Gasteiger partial charge in [-0.15, -0.1) is 0 Å². The van der Waals surface area contributed by atoms with Crippen LogP contribution in [0, 0.1) is 0 Å². The zero-order chi connectivity index (χ0) is 47.2. The lowest BCUT2D eigenvalue weighted by atomic mass is 10.1. The number of carbonyl (C=O) groups is 3. The Hall–Kier alpha value is -4.19. The minimum atomic E-state index is -0.822. The average molecular weight is 899 g/mol. The van der Waals surface area contributed by atoms with Gasteiger partial charge in [0, 0.05) is 19.3 Å². The van der Waals surface area contributed by atoms with E-state index in [1.54, 1.807) is 0 Å². The molecule has 0 aliphatic carbocycles. The van der Waals surface area contributed by atoms with E-state index in [9.17, 15) is 14.4 Å². The van der Waals surface area contributed by atoms with Crippen molar-refractivity contribution in [3.63, 3.8) is 0 Å². The number of ether oxygens (including phenoxy) is 3. The molecule has 0 fully saturated rings. The van der Waals surface area contributed by atoms with Crippen LogP contribution in [-0.2, 0) is 28.6 Å². The summed E-state index contributed by atoms with van der Waals surface area (Å²) in [6.07, 6.45) is 71.8. The van der Waals surface area contributed by atoms with Crippen molar-refractivity contribution >= 4 is 17.9 Å². The number of unbranched alkanes of at least 4 members (excludes halogenated alkanes) is 18. The van der Waals surface area contributed by atoms with Crippen molar-refractivity contribution in [2.45, 2.75) is 219 Å². The Morgan fingerprint density at radius 2 is 0.723 bits per heavy atom. The van der Waals surface area contributed by atoms with Gasteiger partial charge in [-0.05, 0) is 89.9 Å². The molecular formula is C59H94O6. The zero-order valence-corrected chi connectivity index (χ0v) is 41.7. The standard InChI is InChI=1S/C59H94O6/c1-4-7-10-13-16-19-22-25-27-29-30-32-34-37-40-43-46-49-52-58(61)64-55-56(54-63-57(60)51-48-45-42-39-36-33-24-21-18-15-12-9-6-3)65-59(62)53-50-47-44-41-38-35-31-28-26-23-20-17-14-11-8-5-2/h8,10-11,13,16-17,19-20,22,25-30,32-33,36,42,45,56H,4-7,9,12,14-15,18,21,23-24,31,34-35,37-41,43-44,46-55H2,1-3H3/b11-8+,13-10+,19-16+,20-17+,25-22+,28-26+,29-27+,32-30+,36-33+,45-42+. The van der Waals surface area contributed by atoms with Crippen LogP contribution in [0.3, 0.4) is 0 Å². The fourth-order valence-corrected chi connectivity index (χ4v) is 6.66. The number of esters is 3. The molecule has 0 aromatic heterocycles. The van der Waals surface area contributed by atoms with Crippen molar-refractivity contribution in [3.05, 3.63) is 122 Å². The van der Waals surface area contributed by atoms with Crippen LogP contribution in [0.15, 0.2) is 122 Å². The highest BCUT2D eigenvalue weighted by Gasteiger charge is 2.19. The first-order chi connectivity index (χ1) is 32.0. The lowest BCUT2D eigenvalue weighted by molar-refractivity contribution is -0.166. The third-order valence-corrected chi connectivity index (χ3v) is 10.5. The minimum absolute atomic E-state index is 0.118. The van der Waals surface area contributed by atoms with E-state index < -0.39 is 6.10 Å². The Labute approximate surface area is 399 Å². The monoisotopic (exact) mass is 899 g/mol. The van der Waals surface area contributed by atoms with Gasteiger partial charge in [0.15, 0.2) is 6.10 Å². The van der Waals surface area contributed by atoms with Crippen molar-refractivity contribution in [2.24, 2.45) is 0 Å². The third kappa shape index (κ3) is 50.7. The molecule has 0 radical (unpaired) electrons. The quantitative estimate of drug-likeness (QED) is 0.0199. The van der Waals surface area contributed by atoms with Gasteiger partial charge in [0.25, 0.3) is 0 Å². The first kappa shape index (κ1) is 60.8. The van der Waals surface area contributed by atoms with Gasteiger partial charge in [-0.1, -0.05) is 226 Å². The first-order valence-corrected chi connectivity index (χ1v) is 26.1. The highest BCUT2D eigenvalue weighted by molar-refractivity contribution is 5.71. The maximum Gasteiger partial charge on any atom is 0.306 e. The molecule has 0 rings (SSSR count). The molecule has 0 saturated carbocycles. The molecule has 0 spiro atoms. The molecule has 6 heteroatoms. The normalized spacial score (nSPS) is 13.1. The molecule has 366 valence electrons. The molecule has 0 aliphatic heterocycles. The minimum Gasteiger partial charge on any atom is -0.462 e. The number of hydrogen-bond donors (Lipinski definition) is 0. The Balaban J connectivity index is 4.54. The van der Waals surface area contributed by atoms with E-state index >= 15 is 0 Å². The van der Waals surface area contributed by atoms with Crippen molar-refractivity contribution in [1.29, 1.82) is 0 Å². The third-order valence-electron chi connectivity index (χ3n) is 10.5. The van der Waals surface area contributed by atoms with Crippen LogP contribution in [0.2, 0.25) is 0 Å². The van der Waals surface area contributed by atoms with Gasteiger partial charge in [-0.2, -0.15) is 0 Å². The Morgan fingerprint density at radius 3 is 1.23 bits per heavy atom. The summed E-state index contributed by atoms with van der Waals surface area (Å²) in [6.45, 7) is 6.33. The number of rotatable bonds is 45. The van der Waals surface area contributed by atoms with Crippen molar-refractivity contribution in [1.82, 2.24) is 0 Å². The molecule has 0 aromatic carbocycles. The molecule has 0 aromatic rings. The fourth-order valence-electron chi connectivity index (χ4n) is 6.66. The second-order valence-electron chi connectivity index (χ2n) is 16.8. The number of hydrogen-bond acceptors (Lipinski definition) is 6. The van der Waals surface area contributed by atoms with E-state index in [4.69, 9.17) is 14.2 Å². The highest BCUT2D eigenvalue weighted by atomic mass is 16.6. The number of allylic oxidation sites excluding steroid dienone is 20. The van der Waals surface area contributed by atoms with Crippen molar-refractivity contribution < 1.29 is 28.6 Å². The molecule has 0 aliphatic rings. The van der Waals surface area contributed by atoms with Gasteiger partial charge in [0.05, 0.1) is 0 Å². The summed E-state index contributed by atoms with van der Waals surface area (Å²) in [4.78, 5) is 38.0. The lowest BCUT2D eigenvalue weighted by Crippen LogP contribution is -2.30. The van der Waals surface area contributed by atoms with Crippen LogP contribution < -0.4 is 0 Å².